The lowest BCUT2D eigenvalue weighted by Crippen LogP contribution is -2.41. The van der Waals surface area contributed by atoms with Gasteiger partial charge in [-0.05, 0) is 51.0 Å². The van der Waals surface area contributed by atoms with Gasteiger partial charge in [0.15, 0.2) is 17.5 Å². The van der Waals surface area contributed by atoms with Gasteiger partial charge in [-0.25, -0.2) is 13.6 Å². The Kier molecular flexibility index (Phi) is 4.88. The molecule has 2 aromatic rings. The van der Waals surface area contributed by atoms with Crippen molar-refractivity contribution in [2.45, 2.75) is 45.1 Å². The fraction of sp³-hybridized carbons (Fsp3) is 0.529. The fourth-order valence-electron chi connectivity index (χ4n) is 2.75. The molecule has 0 unspecified atom stereocenters. The number of amides is 1. The molecule has 3 rings (SSSR count). The number of likely N-dealkylation sites (tertiary alicyclic amines) is 1. The summed E-state index contributed by atoms with van der Waals surface area (Å²) in [6.45, 7) is 6.58. The number of nitrogens with zero attached hydrogens (tertiary/aromatic N) is 5. The van der Waals surface area contributed by atoms with E-state index in [0.717, 1.165) is 12.1 Å². The quantitative estimate of drug-likeness (QED) is 0.818. The number of piperidine rings is 1. The highest BCUT2D eigenvalue weighted by Crippen LogP contribution is 2.26. The van der Waals surface area contributed by atoms with E-state index in [2.05, 4.69) is 15.4 Å². The van der Waals surface area contributed by atoms with Crippen LogP contribution in [0.5, 0.6) is 0 Å². The van der Waals surface area contributed by atoms with Crippen molar-refractivity contribution in [3.63, 3.8) is 0 Å². The number of carbonyl (C=O) groups excluding carboxylic acids is 1. The number of aromatic nitrogens is 4. The molecule has 1 amide bonds. The Hall–Kier alpha value is -2.58. The number of benzene rings is 1. The Morgan fingerprint density at radius 1 is 1.19 bits per heavy atom. The molecule has 0 aliphatic carbocycles. The molecule has 7 nitrogen and oxygen atoms in total. The van der Waals surface area contributed by atoms with E-state index in [4.69, 9.17) is 4.74 Å². The molecule has 26 heavy (non-hydrogen) atoms. The minimum absolute atomic E-state index is 0.0488. The van der Waals surface area contributed by atoms with Crippen LogP contribution in [0.15, 0.2) is 18.2 Å². The number of tetrazole rings is 1. The summed E-state index contributed by atoms with van der Waals surface area (Å²) in [5.41, 5.74) is -0.225. The lowest BCUT2D eigenvalue weighted by molar-refractivity contribution is 0.0203. The predicted octanol–water partition coefficient (Wildman–Crippen LogP) is 3.06. The zero-order valence-corrected chi connectivity index (χ0v) is 14.9. The second kappa shape index (κ2) is 6.97. The van der Waals surface area contributed by atoms with Crippen LogP contribution >= 0.6 is 0 Å². The predicted molar refractivity (Wildman–Crippen MR) is 88.9 cm³/mol. The molecule has 1 fully saturated rings. The average Bonchev–Trinajstić information content (AvgIpc) is 3.06. The Balaban J connectivity index is 1.63. The molecule has 0 saturated carbocycles. The first-order chi connectivity index (χ1) is 12.2. The number of hydrogen-bond donors (Lipinski definition) is 0. The van der Waals surface area contributed by atoms with Crippen LogP contribution in [0.2, 0.25) is 0 Å². The van der Waals surface area contributed by atoms with E-state index in [0.29, 0.717) is 37.4 Å². The minimum atomic E-state index is -0.966. The molecule has 0 N–H and O–H groups in total. The number of halogens is 2. The van der Waals surface area contributed by atoms with E-state index >= 15 is 0 Å². The highest BCUT2D eigenvalue weighted by Gasteiger charge is 2.29. The number of carbonyl (C=O) groups is 1. The zero-order valence-electron chi connectivity index (χ0n) is 14.9. The maximum Gasteiger partial charge on any atom is 0.410 e. The summed E-state index contributed by atoms with van der Waals surface area (Å²) in [4.78, 5) is 14.9. The lowest BCUT2D eigenvalue weighted by atomic mass is 9.96. The van der Waals surface area contributed by atoms with E-state index in [9.17, 15) is 13.6 Å². The van der Waals surface area contributed by atoms with Gasteiger partial charge in [0.1, 0.15) is 5.60 Å². The van der Waals surface area contributed by atoms with Gasteiger partial charge in [0.2, 0.25) is 0 Å². The van der Waals surface area contributed by atoms with E-state index < -0.39 is 17.2 Å². The van der Waals surface area contributed by atoms with Gasteiger partial charge in [-0.1, -0.05) is 0 Å². The molecule has 1 aromatic carbocycles. The third-order valence-corrected chi connectivity index (χ3v) is 4.08. The van der Waals surface area contributed by atoms with Crippen molar-refractivity contribution in [2.24, 2.45) is 0 Å². The largest absolute Gasteiger partial charge is 0.444 e. The van der Waals surface area contributed by atoms with Crippen molar-refractivity contribution < 1.29 is 18.3 Å². The minimum Gasteiger partial charge on any atom is -0.444 e. The van der Waals surface area contributed by atoms with Crippen LogP contribution < -0.4 is 0 Å². The fourth-order valence-corrected chi connectivity index (χ4v) is 2.75. The first kappa shape index (κ1) is 18.2. The van der Waals surface area contributed by atoms with Crippen LogP contribution in [0.1, 0.15) is 45.4 Å². The van der Waals surface area contributed by atoms with E-state index in [1.165, 1.54) is 10.9 Å². The van der Waals surface area contributed by atoms with Crippen molar-refractivity contribution in [2.75, 3.05) is 13.1 Å². The molecular weight excluding hydrogens is 344 g/mol. The van der Waals surface area contributed by atoms with E-state index in [1.54, 1.807) is 4.90 Å². The van der Waals surface area contributed by atoms with Gasteiger partial charge in [-0.3, -0.25) is 0 Å². The van der Waals surface area contributed by atoms with Gasteiger partial charge in [-0.15, -0.1) is 15.0 Å². The summed E-state index contributed by atoms with van der Waals surface area (Å²) < 4.78 is 31.8. The van der Waals surface area contributed by atoms with Crippen molar-refractivity contribution in [3.05, 3.63) is 35.7 Å². The summed E-state index contributed by atoms with van der Waals surface area (Å²) in [6, 6.07) is 3.42. The zero-order chi connectivity index (χ0) is 18.9. The molecule has 0 atom stereocenters. The SMILES string of the molecule is CC(C)(C)OC(=O)N1CCC(c2nnn(-c3ccc(F)c(F)c3)n2)CC1. The van der Waals surface area contributed by atoms with Gasteiger partial charge >= 0.3 is 6.09 Å². The lowest BCUT2D eigenvalue weighted by Gasteiger charge is -2.32. The average molecular weight is 365 g/mol. The van der Waals surface area contributed by atoms with Gasteiger partial charge in [0.25, 0.3) is 0 Å². The number of rotatable bonds is 2. The molecule has 1 aliphatic heterocycles. The monoisotopic (exact) mass is 365 g/mol. The molecule has 0 bridgehead atoms. The summed E-state index contributed by atoms with van der Waals surface area (Å²) in [7, 11) is 0. The summed E-state index contributed by atoms with van der Waals surface area (Å²) in [5, 5.41) is 12.2. The van der Waals surface area contributed by atoms with Crippen LogP contribution in [0, 0.1) is 11.6 Å². The smallest absolute Gasteiger partial charge is 0.410 e. The van der Waals surface area contributed by atoms with Gasteiger partial charge in [0, 0.05) is 25.1 Å². The van der Waals surface area contributed by atoms with Crippen molar-refractivity contribution in [1.82, 2.24) is 25.1 Å². The van der Waals surface area contributed by atoms with Crippen molar-refractivity contribution in [3.8, 4) is 5.69 Å². The third kappa shape index (κ3) is 4.14. The second-order valence-electron chi connectivity index (χ2n) is 7.28. The summed E-state index contributed by atoms with van der Waals surface area (Å²) in [6.07, 6.45) is 1.04. The summed E-state index contributed by atoms with van der Waals surface area (Å²) >= 11 is 0. The molecule has 1 aromatic heterocycles. The molecular formula is C17H21F2N5O2. The van der Waals surface area contributed by atoms with Crippen LogP contribution in [0.4, 0.5) is 13.6 Å². The van der Waals surface area contributed by atoms with Crippen molar-refractivity contribution in [1.29, 1.82) is 0 Å². The number of ether oxygens (including phenoxy) is 1. The third-order valence-electron chi connectivity index (χ3n) is 4.08. The molecule has 140 valence electrons. The Labute approximate surface area is 149 Å². The molecule has 0 spiro atoms. The maximum atomic E-state index is 13.3. The van der Waals surface area contributed by atoms with E-state index in [1.807, 2.05) is 20.8 Å². The maximum absolute atomic E-state index is 13.3. The van der Waals surface area contributed by atoms with Crippen molar-refractivity contribution >= 4 is 6.09 Å². The van der Waals surface area contributed by atoms with Gasteiger partial charge in [-0.2, -0.15) is 0 Å². The normalized spacial score (nSPS) is 16.0. The van der Waals surface area contributed by atoms with E-state index in [-0.39, 0.29) is 12.0 Å². The first-order valence-electron chi connectivity index (χ1n) is 8.46. The van der Waals surface area contributed by atoms with Crippen LogP contribution in [-0.2, 0) is 4.74 Å². The topological polar surface area (TPSA) is 73.1 Å². The standard InChI is InChI=1S/C17H21F2N5O2/c1-17(2,3)26-16(25)23-8-6-11(7-9-23)15-20-22-24(21-15)12-4-5-13(18)14(19)10-12/h4-5,10-11H,6-9H2,1-3H3. The molecule has 2 heterocycles. The molecule has 1 aliphatic rings. The molecule has 0 radical (unpaired) electrons. The van der Waals surface area contributed by atoms with Crippen LogP contribution in [-0.4, -0.2) is 49.9 Å². The molecule has 9 heteroatoms. The highest BCUT2D eigenvalue weighted by molar-refractivity contribution is 5.68. The summed E-state index contributed by atoms with van der Waals surface area (Å²) in [5.74, 6) is -1.32. The molecule has 1 saturated heterocycles. The first-order valence-corrected chi connectivity index (χ1v) is 8.46. The van der Waals surface area contributed by atoms with Gasteiger partial charge < -0.3 is 9.64 Å². The van der Waals surface area contributed by atoms with Gasteiger partial charge in [0.05, 0.1) is 5.69 Å². The Morgan fingerprint density at radius 3 is 2.50 bits per heavy atom. The number of hydrogen-bond acceptors (Lipinski definition) is 5. The Bertz CT molecular complexity index is 795. The Morgan fingerprint density at radius 2 is 1.88 bits per heavy atom. The van der Waals surface area contributed by atoms with Crippen LogP contribution in [0.3, 0.4) is 0 Å². The second-order valence-corrected chi connectivity index (χ2v) is 7.28. The highest BCUT2D eigenvalue weighted by atomic mass is 19.2. The van der Waals surface area contributed by atoms with Crippen LogP contribution in [0.25, 0.3) is 5.69 Å².